The lowest BCUT2D eigenvalue weighted by atomic mass is 10.1. The van der Waals surface area contributed by atoms with Gasteiger partial charge >= 0.3 is 6.36 Å². The number of hydrogen-bond donors (Lipinski definition) is 0. The number of benzene rings is 2. The molecule has 0 aliphatic heterocycles. The standard InChI is InChI=1S/C18H15F3N4O4S/c1-27-13-7-8-14(16(9-13)28-2)15(26)10-30-17-22-23-24-25(17)11-3-5-12(6-4-11)29-18(19,20)21/h3-9H,10H2,1-2H3. The molecule has 0 saturated carbocycles. The normalized spacial score (nSPS) is 11.2. The van der Waals surface area contributed by atoms with E-state index in [2.05, 4.69) is 20.3 Å². The molecule has 2 aromatic carbocycles. The molecule has 12 heteroatoms. The third kappa shape index (κ3) is 5.20. The van der Waals surface area contributed by atoms with Crippen molar-refractivity contribution >= 4 is 17.5 Å². The highest BCUT2D eigenvalue weighted by molar-refractivity contribution is 7.99. The van der Waals surface area contributed by atoms with Gasteiger partial charge in [0, 0.05) is 6.07 Å². The average Bonchev–Trinajstić information content (AvgIpc) is 3.19. The Morgan fingerprint density at radius 1 is 1.07 bits per heavy atom. The van der Waals surface area contributed by atoms with E-state index in [0.29, 0.717) is 27.9 Å². The molecule has 158 valence electrons. The Morgan fingerprint density at radius 3 is 2.40 bits per heavy atom. The van der Waals surface area contributed by atoms with Crippen LogP contribution in [0.25, 0.3) is 5.69 Å². The van der Waals surface area contributed by atoms with E-state index in [1.807, 2.05) is 0 Å². The zero-order valence-electron chi connectivity index (χ0n) is 15.7. The maximum atomic E-state index is 12.6. The number of alkyl halides is 3. The summed E-state index contributed by atoms with van der Waals surface area (Å²) in [5.74, 6) is 0.356. The number of tetrazole rings is 1. The van der Waals surface area contributed by atoms with Gasteiger partial charge in [0.25, 0.3) is 0 Å². The van der Waals surface area contributed by atoms with Crippen LogP contribution in [0.2, 0.25) is 0 Å². The molecule has 0 aliphatic carbocycles. The fraction of sp³-hybridized carbons (Fsp3) is 0.222. The number of ether oxygens (including phenoxy) is 3. The SMILES string of the molecule is COc1ccc(C(=O)CSc2nnnn2-c2ccc(OC(F)(F)F)cc2)c(OC)c1. The second kappa shape index (κ2) is 9.03. The lowest BCUT2D eigenvalue weighted by molar-refractivity contribution is -0.274. The lowest BCUT2D eigenvalue weighted by Gasteiger charge is -2.10. The van der Waals surface area contributed by atoms with Crippen molar-refractivity contribution in [2.45, 2.75) is 11.5 Å². The van der Waals surface area contributed by atoms with Gasteiger partial charge in [-0.25, -0.2) is 0 Å². The number of halogens is 3. The van der Waals surface area contributed by atoms with Gasteiger partial charge in [-0.15, -0.1) is 18.3 Å². The van der Waals surface area contributed by atoms with Crippen LogP contribution >= 0.6 is 11.8 Å². The minimum atomic E-state index is -4.78. The topological polar surface area (TPSA) is 88.4 Å². The summed E-state index contributed by atoms with van der Waals surface area (Å²) in [4.78, 5) is 12.6. The maximum absolute atomic E-state index is 12.6. The van der Waals surface area contributed by atoms with E-state index in [1.54, 1.807) is 18.2 Å². The largest absolute Gasteiger partial charge is 0.573 e. The molecule has 0 unspecified atom stereocenters. The van der Waals surface area contributed by atoms with Crippen LogP contribution in [0.3, 0.4) is 0 Å². The Morgan fingerprint density at radius 2 is 1.77 bits per heavy atom. The number of carbonyl (C=O) groups is 1. The summed E-state index contributed by atoms with van der Waals surface area (Å²) in [6.45, 7) is 0. The number of hydrogen-bond acceptors (Lipinski definition) is 8. The van der Waals surface area contributed by atoms with Gasteiger partial charge in [-0.1, -0.05) is 11.8 Å². The van der Waals surface area contributed by atoms with E-state index >= 15 is 0 Å². The third-order valence-corrected chi connectivity index (χ3v) is 4.72. The fourth-order valence-corrected chi connectivity index (χ4v) is 3.23. The first-order valence-corrected chi connectivity index (χ1v) is 9.32. The summed E-state index contributed by atoms with van der Waals surface area (Å²) in [5.41, 5.74) is 0.782. The summed E-state index contributed by atoms with van der Waals surface area (Å²) in [6.07, 6.45) is -4.78. The van der Waals surface area contributed by atoms with Crippen LogP contribution in [0.4, 0.5) is 13.2 Å². The van der Waals surface area contributed by atoms with Crippen LogP contribution in [-0.4, -0.2) is 52.3 Å². The molecule has 1 heterocycles. The maximum Gasteiger partial charge on any atom is 0.573 e. The Hall–Kier alpha value is -3.28. The zero-order valence-corrected chi connectivity index (χ0v) is 16.5. The van der Waals surface area contributed by atoms with Gasteiger partial charge in [0.05, 0.1) is 31.2 Å². The van der Waals surface area contributed by atoms with E-state index in [1.165, 1.54) is 31.0 Å². The molecule has 0 atom stereocenters. The van der Waals surface area contributed by atoms with Gasteiger partial charge < -0.3 is 14.2 Å². The summed E-state index contributed by atoms with van der Waals surface area (Å²) < 4.78 is 52.3. The van der Waals surface area contributed by atoms with Crippen molar-refractivity contribution in [3.63, 3.8) is 0 Å². The minimum Gasteiger partial charge on any atom is -0.497 e. The number of rotatable bonds is 8. The predicted molar refractivity (Wildman–Crippen MR) is 100 cm³/mol. The van der Waals surface area contributed by atoms with E-state index in [0.717, 1.165) is 23.9 Å². The molecule has 0 radical (unpaired) electrons. The van der Waals surface area contributed by atoms with Crippen molar-refractivity contribution in [2.24, 2.45) is 0 Å². The van der Waals surface area contributed by atoms with Crippen molar-refractivity contribution < 1.29 is 32.2 Å². The van der Waals surface area contributed by atoms with Gasteiger partial charge in [-0.05, 0) is 46.8 Å². The number of carbonyl (C=O) groups excluding carboxylic acids is 1. The lowest BCUT2D eigenvalue weighted by Crippen LogP contribution is -2.17. The van der Waals surface area contributed by atoms with Gasteiger partial charge in [0.2, 0.25) is 5.16 Å². The molecule has 30 heavy (non-hydrogen) atoms. The molecule has 0 amide bonds. The van der Waals surface area contributed by atoms with Crippen molar-refractivity contribution in [3.05, 3.63) is 48.0 Å². The number of methoxy groups -OCH3 is 2. The van der Waals surface area contributed by atoms with Gasteiger partial charge in [0.1, 0.15) is 17.2 Å². The van der Waals surface area contributed by atoms with Crippen LogP contribution in [-0.2, 0) is 0 Å². The van der Waals surface area contributed by atoms with Crippen LogP contribution in [0, 0.1) is 0 Å². The number of ketones is 1. The van der Waals surface area contributed by atoms with Gasteiger partial charge in [-0.2, -0.15) is 4.68 Å². The Labute approximate surface area is 172 Å². The quantitative estimate of drug-likeness (QED) is 0.388. The average molecular weight is 440 g/mol. The van der Waals surface area contributed by atoms with Gasteiger partial charge in [0.15, 0.2) is 5.78 Å². The van der Waals surface area contributed by atoms with Crippen LogP contribution in [0.1, 0.15) is 10.4 Å². The molecule has 0 saturated heterocycles. The van der Waals surface area contributed by atoms with Crippen LogP contribution in [0.5, 0.6) is 17.2 Å². The highest BCUT2D eigenvalue weighted by Crippen LogP contribution is 2.28. The predicted octanol–water partition coefficient (Wildman–Crippen LogP) is 3.55. The number of aromatic nitrogens is 4. The summed E-state index contributed by atoms with van der Waals surface area (Å²) >= 11 is 1.07. The molecule has 1 aromatic heterocycles. The fourth-order valence-electron chi connectivity index (χ4n) is 2.46. The Bertz CT molecular complexity index is 1030. The highest BCUT2D eigenvalue weighted by atomic mass is 32.2. The molecular weight excluding hydrogens is 425 g/mol. The highest BCUT2D eigenvalue weighted by Gasteiger charge is 2.31. The number of Topliss-reactive ketones (excluding diaryl/α,β-unsaturated/α-hetero) is 1. The Kier molecular flexibility index (Phi) is 6.45. The second-order valence-corrected chi connectivity index (χ2v) is 6.64. The van der Waals surface area contributed by atoms with Crippen LogP contribution < -0.4 is 14.2 Å². The molecule has 0 N–H and O–H groups in total. The summed E-state index contributed by atoms with van der Waals surface area (Å²) in [6, 6.07) is 9.88. The van der Waals surface area contributed by atoms with E-state index in [9.17, 15) is 18.0 Å². The molecule has 0 fully saturated rings. The minimum absolute atomic E-state index is 0.0122. The van der Waals surface area contributed by atoms with E-state index in [-0.39, 0.29) is 17.3 Å². The first kappa shape index (κ1) is 21.4. The number of thioether (sulfide) groups is 1. The monoisotopic (exact) mass is 440 g/mol. The van der Waals surface area contributed by atoms with Crippen molar-refractivity contribution in [2.75, 3.05) is 20.0 Å². The zero-order chi connectivity index (χ0) is 21.7. The summed E-state index contributed by atoms with van der Waals surface area (Å²) in [5, 5.41) is 11.5. The molecule has 3 rings (SSSR count). The molecule has 0 aliphatic rings. The molecule has 3 aromatic rings. The van der Waals surface area contributed by atoms with Crippen LogP contribution in [0.15, 0.2) is 47.6 Å². The van der Waals surface area contributed by atoms with Crippen molar-refractivity contribution in [1.29, 1.82) is 0 Å². The molecule has 8 nitrogen and oxygen atoms in total. The van der Waals surface area contributed by atoms with E-state index < -0.39 is 6.36 Å². The first-order valence-electron chi connectivity index (χ1n) is 8.33. The smallest absolute Gasteiger partial charge is 0.497 e. The molecule has 0 bridgehead atoms. The van der Waals surface area contributed by atoms with Gasteiger partial charge in [-0.3, -0.25) is 4.79 Å². The molecular formula is C18H15F3N4O4S. The summed E-state index contributed by atoms with van der Waals surface area (Å²) in [7, 11) is 2.96. The first-order chi connectivity index (χ1) is 14.3. The Balaban J connectivity index is 1.71. The van der Waals surface area contributed by atoms with Crippen molar-refractivity contribution in [1.82, 2.24) is 20.2 Å². The molecule has 0 spiro atoms. The third-order valence-electron chi connectivity index (χ3n) is 3.80. The van der Waals surface area contributed by atoms with Crippen molar-refractivity contribution in [3.8, 4) is 22.9 Å². The second-order valence-electron chi connectivity index (χ2n) is 5.69. The van der Waals surface area contributed by atoms with E-state index in [4.69, 9.17) is 9.47 Å². The number of nitrogens with zero attached hydrogens (tertiary/aromatic N) is 4.